The molecular weight excluding hydrogens is 430 g/mol. The molecule has 168 valence electrons. The number of rotatable bonds is 8. The number of hydrogen-bond acceptors (Lipinski definition) is 8. The van der Waals surface area contributed by atoms with Gasteiger partial charge in [0.2, 0.25) is 0 Å². The first kappa shape index (κ1) is 21.1. The molecule has 9 nitrogen and oxygen atoms in total. The number of nitrogens with zero attached hydrogens (tertiary/aromatic N) is 4. The Morgan fingerprint density at radius 2 is 1.68 bits per heavy atom. The summed E-state index contributed by atoms with van der Waals surface area (Å²) in [6, 6.07) is 22.4. The first-order valence-corrected chi connectivity index (χ1v) is 10.7. The molecule has 0 fully saturated rings. The van der Waals surface area contributed by atoms with Crippen LogP contribution in [0.25, 0.3) is 22.2 Å². The molecule has 0 aliphatic rings. The Labute approximate surface area is 195 Å². The van der Waals surface area contributed by atoms with E-state index in [0.29, 0.717) is 47.4 Å². The fourth-order valence-corrected chi connectivity index (χ4v) is 3.44. The third-order valence-electron chi connectivity index (χ3n) is 5.08. The second-order valence-corrected chi connectivity index (χ2v) is 7.42. The summed E-state index contributed by atoms with van der Waals surface area (Å²) in [5, 5.41) is 14.1. The van der Waals surface area contributed by atoms with Gasteiger partial charge in [-0.3, -0.25) is 4.79 Å². The van der Waals surface area contributed by atoms with Crippen LogP contribution >= 0.6 is 0 Å². The summed E-state index contributed by atoms with van der Waals surface area (Å²) >= 11 is 0. The summed E-state index contributed by atoms with van der Waals surface area (Å²) < 4.78 is 5.52. The van der Waals surface area contributed by atoms with Gasteiger partial charge in [0.15, 0.2) is 5.76 Å². The maximum atomic E-state index is 12.7. The van der Waals surface area contributed by atoms with Crippen molar-refractivity contribution in [1.82, 2.24) is 25.4 Å². The highest BCUT2D eigenvalue weighted by atomic mass is 16.5. The second kappa shape index (κ2) is 9.78. The molecule has 0 bridgehead atoms. The summed E-state index contributed by atoms with van der Waals surface area (Å²) in [4.78, 5) is 25.3. The predicted octanol–water partition coefficient (Wildman–Crippen LogP) is 4.27. The standard InChI is InChI=1S/C25H21N7O2/c33-25(18-9-10-20-19(14-18)24(34-32-20)17-6-2-1-3-7-17)28-13-12-27-22-15-23(30-16-29-22)31-21-8-4-5-11-26-21/h1-11,14-16H,12-13H2,(H,28,33)(H2,26,27,29,30,31). The normalized spacial score (nSPS) is 10.7. The summed E-state index contributed by atoms with van der Waals surface area (Å²) in [5.74, 6) is 2.42. The second-order valence-electron chi connectivity index (χ2n) is 7.42. The molecule has 0 unspecified atom stereocenters. The van der Waals surface area contributed by atoms with E-state index in [2.05, 4.69) is 36.1 Å². The number of anilines is 3. The fourth-order valence-electron chi connectivity index (χ4n) is 3.44. The lowest BCUT2D eigenvalue weighted by Gasteiger charge is -2.09. The van der Waals surface area contributed by atoms with E-state index in [1.54, 1.807) is 30.5 Å². The van der Waals surface area contributed by atoms with Crippen molar-refractivity contribution in [3.05, 3.63) is 90.9 Å². The molecule has 3 aromatic heterocycles. The van der Waals surface area contributed by atoms with E-state index in [0.717, 1.165) is 10.9 Å². The third-order valence-corrected chi connectivity index (χ3v) is 5.08. The molecule has 3 N–H and O–H groups in total. The molecule has 0 aliphatic heterocycles. The zero-order valence-electron chi connectivity index (χ0n) is 18.1. The number of aromatic nitrogens is 4. The molecule has 2 aromatic carbocycles. The molecule has 34 heavy (non-hydrogen) atoms. The van der Waals surface area contributed by atoms with E-state index in [-0.39, 0.29) is 5.91 Å². The number of hydrogen-bond donors (Lipinski definition) is 3. The minimum absolute atomic E-state index is 0.177. The van der Waals surface area contributed by atoms with Gasteiger partial charge in [0.05, 0.1) is 5.39 Å². The van der Waals surface area contributed by atoms with Crippen molar-refractivity contribution >= 4 is 34.3 Å². The smallest absolute Gasteiger partial charge is 0.251 e. The van der Waals surface area contributed by atoms with Gasteiger partial charge in [-0.2, -0.15) is 0 Å². The molecule has 5 rings (SSSR count). The minimum atomic E-state index is -0.177. The number of carbonyl (C=O) groups excluding carboxylic acids is 1. The van der Waals surface area contributed by atoms with Crippen molar-refractivity contribution in [2.75, 3.05) is 23.7 Å². The van der Waals surface area contributed by atoms with Gasteiger partial charge in [-0.05, 0) is 30.3 Å². The number of nitrogens with one attached hydrogen (secondary N) is 3. The van der Waals surface area contributed by atoms with Crippen LogP contribution in [0.1, 0.15) is 10.4 Å². The molecule has 5 aromatic rings. The van der Waals surface area contributed by atoms with Crippen LogP contribution in [0.5, 0.6) is 0 Å². The van der Waals surface area contributed by atoms with Crippen molar-refractivity contribution in [3.8, 4) is 11.3 Å². The summed E-state index contributed by atoms with van der Waals surface area (Å²) in [6.45, 7) is 0.912. The number of pyridine rings is 1. The summed E-state index contributed by atoms with van der Waals surface area (Å²) in [6.07, 6.45) is 3.17. The maximum absolute atomic E-state index is 12.7. The lowest BCUT2D eigenvalue weighted by atomic mass is 10.1. The highest BCUT2D eigenvalue weighted by Gasteiger charge is 2.13. The molecule has 1 amide bonds. The number of benzene rings is 2. The molecule has 0 atom stereocenters. The molecule has 3 heterocycles. The molecule has 0 saturated carbocycles. The van der Waals surface area contributed by atoms with E-state index in [1.807, 2.05) is 48.5 Å². The topological polar surface area (TPSA) is 118 Å². The Bertz CT molecular complexity index is 1410. The SMILES string of the molecule is O=C(NCCNc1cc(Nc2ccccn2)ncn1)c1ccc2noc(-c3ccccc3)c2c1. The molecule has 0 saturated heterocycles. The highest BCUT2D eigenvalue weighted by Crippen LogP contribution is 2.29. The Morgan fingerprint density at radius 3 is 2.53 bits per heavy atom. The van der Waals surface area contributed by atoms with Crippen LogP contribution in [-0.2, 0) is 0 Å². The quantitative estimate of drug-likeness (QED) is 0.300. The first-order chi connectivity index (χ1) is 16.8. The van der Waals surface area contributed by atoms with Crippen LogP contribution in [0.2, 0.25) is 0 Å². The van der Waals surface area contributed by atoms with Gasteiger partial charge in [0.1, 0.15) is 29.3 Å². The zero-order chi connectivity index (χ0) is 23.2. The third kappa shape index (κ3) is 4.83. The van der Waals surface area contributed by atoms with Gasteiger partial charge >= 0.3 is 0 Å². The van der Waals surface area contributed by atoms with Gasteiger partial charge < -0.3 is 20.5 Å². The molecule has 0 radical (unpaired) electrons. The van der Waals surface area contributed by atoms with Gasteiger partial charge in [-0.25, -0.2) is 15.0 Å². The Hall–Kier alpha value is -4.79. The van der Waals surface area contributed by atoms with Crippen molar-refractivity contribution in [2.24, 2.45) is 0 Å². The summed E-state index contributed by atoms with van der Waals surface area (Å²) in [5.41, 5.74) is 2.15. The highest BCUT2D eigenvalue weighted by molar-refractivity contribution is 6.01. The van der Waals surface area contributed by atoms with Crippen LogP contribution in [-0.4, -0.2) is 39.1 Å². The van der Waals surface area contributed by atoms with Crippen LogP contribution in [0.3, 0.4) is 0 Å². The van der Waals surface area contributed by atoms with Gasteiger partial charge in [0.25, 0.3) is 5.91 Å². The monoisotopic (exact) mass is 451 g/mol. The van der Waals surface area contributed by atoms with Crippen LogP contribution in [0.15, 0.2) is 89.8 Å². The van der Waals surface area contributed by atoms with E-state index < -0.39 is 0 Å². The lowest BCUT2D eigenvalue weighted by Crippen LogP contribution is -2.28. The Kier molecular flexibility index (Phi) is 6.06. The van der Waals surface area contributed by atoms with E-state index in [9.17, 15) is 4.79 Å². The van der Waals surface area contributed by atoms with Crippen LogP contribution in [0, 0.1) is 0 Å². The predicted molar refractivity (Wildman–Crippen MR) is 130 cm³/mol. The van der Waals surface area contributed by atoms with E-state index in [4.69, 9.17) is 4.52 Å². The average molecular weight is 451 g/mol. The average Bonchev–Trinajstić information content (AvgIpc) is 3.31. The zero-order valence-corrected chi connectivity index (χ0v) is 18.1. The number of amides is 1. The molecule has 0 aliphatic carbocycles. The van der Waals surface area contributed by atoms with Gasteiger partial charge in [-0.1, -0.05) is 41.6 Å². The van der Waals surface area contributed by atoms with Crippen molar-refractivity contribution in [2.45, 2.75) is 0 Å². The van der Waals surface area contributed by atoms with Crippen LogP contribution in [0.4, 0.5) is 17.5 Å². The van der Waals surface area contributed by atoms with E-state index >= 15 is 0 Å². The summed E-state index contributed by atoms with van der Waals surface area (Å²) in [7, 11) is 0. The Balaban J connectivity index is 1.18. The lowest BCUT2D eigenvalue weighted by molar-refractivity contribution is 0.0955. The molecule has 9 heteroatoms. The number of carbonyl (C=O) groups is 1. The van der Waals surface area contributed by atoms with Gasteiger partial charge in [0, 0.05) is 36.5 Å². The maximum Gasteiger partial charge on any atom is 0.251 e. The van der Waals surface area contributed by atoms with Crippen molar-refractivity contribution in [1.29, 1.82) is 0 Å². The minimum Gasteiger partial charge on any atom is -0.368 e. The molecule has 0 spiro atoms. The number of fused-ring (bicyclic) bond motifs is 1. The van der Waals surface area contributed by atoms with Gasteiger partial charge in [-0.15, -0.1) is 0 Å². The fraction of sp³-hybridized carbons (Fsp3) is 0.0800. The van der Waals surface area contributed by atoms with Crippen molar-refractivity contribution in [3.63, 3.8) is 0 Å². The van der Waals surface area contributed by atoms with Crippen LogP contribution < -0.4 is 16.0 Å². The Morgan fingerprint density at radius 1 is 0.824 bits per heavy atom. The van der Waals surface area contributed by atoms with E-state index in [1.165, 1.54) is 6.33 Å². The first-order valence-electron chi connectivity index (χ1n) is 10.7. The van der Waals surface area contributed by atoms with Crippen molar-refractivity contribution < 1.29 is 9.32 Å². The molecular formula is C25H21N7O2. The largest absolute Gasteiger partial charge is 0.368 e.